The third-order valence-corrected chi connectivity index (χ3v) is 13.2. The molecule has 1 amide bonds. The zero-order valence-corrected chi connectivity index (χ0v) is 33.4. The summed E-state index contributed by atoms with van der Waals surface area (Å²) in [5.41, 5.74) is 5.37. The van der Waals surface area contributed by atoms with E-state index in [-0.39, 0.29) is 10.9 Å². The number of nitrogens with zero attached hydrogens (tertiary/aromatic N) is 5. The number of amides is 1. The van der Waals surface area contributed by atoms with Crippen LogP contribution in [0.4, 0.5) is 11.4 Å². The van der Waals surface area contributed by atoms with E-state index in [4.69, 9.17) is 4.74 Å². The van der Waals surface area contributed by atoms with E-state index in [0.29, 0.717) is 5.56 Å². The molecule has 2 fully saturated rings. The molecule has 0 bridgehead atoms. The first-order chi connectivity index (χ1) is 26.8. The predicted octanol–water partition coefficient (Wildman–Crippen LogP) is 6.29. The molecule has 0 spiro atoms. The van der Waals surface area contributed by atoms with Crippen molar-refractivity contribution in [3.8, 4) is 0 Å². The highest BCUT2D eigenvalue weighted by Gasteiger charge is 2.23. The quantitative estimate of drug-likeness (QED) is 0.183. The molecular formula is C42H53N7O4S2. The van der Waals surface area contributed by atoms with Crippen molar-refractivity contribution in [2.45, 2.75) is 56.5 Å². The summed E-state index contributed by atoms with van der Waals surface area (Å²) < 4.78 is 36.8. The van der Waals surface area contributed by atoms with Gasteiger partial charge < -0.3 is 19.5 Å². The van der Waals surface area contributed by atoms with E-state index in [0.717, 1.165) is 120 Å². The monoisotopic (exact) mass is 783 g/mol. The van der Waals surface area contributed by atoms with Crippen LogP contribution in [0.1, 0.15) is 53.7 Å². The van der Waals surface area contributed by atoms with Gasteiger partial charge in [-0.25, -0.2) is 18.1 Å². The minimum atomic E-state index is -4.09. The fourth-order valence-corrected chi connectivity index (χ4v) is 9.48. The highest BCUT2D eigenvalue weighted by atomic mass is 32.2. The van der Waals surface area contributed by atoms with Gasteiger partial charge in [-0.3, -0.25) is 14.6 Å². The van der Waals surface area contributed by atoms with Crippen molar-refractivity contribution in [2.24, 2.45) is 0 Å². The number of anilines is 2. The standard InChI is InChI=1S/C42H53N7O4S2/c1-33-28-40(16-17-41(33)44-35(18-19-46-24-26-53-27-25-46)31-54-39-10-6-3-7-11-39)55(51,52)45-42(50)34-12-14-36(15-13-34)48-22-20-47(21-23-48)30-38-29-43-32-49(38)37-8-4-2-5-9-37/h4,6,8-17,28-29,32,35,44H,2-3,5,7,18-27,30-31H2,1H3,(H,45,50)/t35-/m1/s1. The predicted molar refractivity (Wildman–Crippen MR) is 223 cm³/mol. The number of sulfonamides is 1. The van der Waals surface area contributed by atoms with Gasteiger partial charge in [0.05, 0.1) is 30.1 Å². The van der Waals surface area contributed by atoms with Crippen LogP contribution in [0, 0.1) is 6.92 Å². The van der Waals surface area contributed by atoms with Gasteiger partial charge in [-0.1, -0.05) is 30.4 Å². The summed E-state index contributed by atoms with van der Waals surface area (Å²) in [6, 6.07) is 12.4. The van der Waals surface area contributed by atoms with E-state index in [1.165, 1.54) is 16.3 Å². The van der Waals surface area contributed by atoms with E-state index >= 15 is 0 Å². The number of rotatable bonds is 15. The van der Waals surface area contributed by atoms with Crippen LogP contribution in [0.2, 0.25) is 0 Å². The number of imidazole rings is 1. The lowest BCUT2D eigenvalue weighted by atomic mass is 10.1. The van der Waals surface area contributed by atoms with Crippen molar-refractivity contribution < 1.29 is 17.9 Å². The largest absolute Gasteiger partial charge is 0.381 e. The first kappa shape index (κ1) is 39.1. The normalized spacial score (nSPS) is 18.8. The van der Waals surface area contributed by atoms with Gasteiger partial charge in [0, 0.05) is 97.9 Å². The number of hydrogen-bond donors (Lipinski definition) is 2. The Morgan fingerprint density at radius 1 is 0.909 bits per heavy atom. The average molecular weight is 784 g/mol. The van der Waals surface area contributed by atoms with E-state index in [2.05, 4.69) is 70.7 Å². The molecule has 1 atom stereocenters. The van der Waals surface area contributed by atoms with E-state index < -0.39 is 15.9 Å². The highest BCUT2D eigenvalue weighted by Crippen LogP contribution is 2.27. The number of nitrogens with one attached hydrogen (secondary N) is 2. The number of hydrogen-bond acceptors (Lipinski definition) is 10. The van der Waals surface area contributed by atoms with Crippen LogP contribution in [-0.2, 0) is 21.3 Å². The molecule has 3 aromatic rings. The molecular weight excluding hydrogens is 731 g/mol. The first-order valence-corrected chi connectivity index (χ1v) is 22.0. The Hall–Kier alpha value is -4.14. The molecule has 0 saturated carbocycles. The van der Waals surface area contributed by atoms with Crippen molar-refractivity contribution in [1.82, 2.24) is 24.1 Å². The minimum absolute atomic E-state index is 0.0603. The molecule has 7 rings (SSSR count). The van der Waals surface area contributed by atoms with Crippen LogP contribution in [0.3, 0.4) is 0 Å². The lowest BCUT2D eigenvalue weighted by Crippen LogP contribution is -2.46. The van der Waals surface area contributed by atoms with Crippen LogP contribution >= 0.6 is 11.8 Å². The molecule has 1 aromatic heterocycles. The van der Waals surface area contributed by atoms with E-state index in [1.807, 2.05) is 49.4 Å². The zero-order valence-electron chi connectivity index (χ0n) is 31.7. The van der Waals surface area contributed by atoms with Crippen molar-refractivity contribution in [2.75, 3.05) is 75.0 Å². The molecule has 3 heterocycles. The summed E-state index contributed by atoms with van der Waals surface area (Å²) in [6.07, 6.45) is 22.5. The van der Waals surface area contributed by atoms with Crippen molar-refractivity contribution in [3.05, 3.63) is 113 Å². The summed E-state index contributed by atoms with van der Waals surface area (Å²) in [5, 5.41) is 3.70. The number of carbonyl (C=O) groups is 1. The van der Waals surface area contributed by atoms with Gasteiger partial charge in [0.1, 0.15) is 0 Å². The summed E-state index contributed by atoms with van der Waals surface area (Å²) in [7, 11) is -4.09. The second-order valence-corrected chi connectivity index (χ2v) is 17.3. The Morgan fingerprint density at radius 3 is 2.38 bits per heavy atom. The highest BCUT2D eigenvalue weighted by molar-refractivity contribution is 8.03. The van der Waals surface area contributed by atoms with Crippen LogP contribution < -0.4 is 14.9 Å². The number of benzene rings is 2. The molecule has 11 nitrogen and oxygen atoms in total. The number of morpholine rings is 1. The van der Waals surface area contributed by atoms with Gasteiger partial charge in [-0.2, -0.15) is 0 Å². The number of allylic oxidation sites excluding steroid dienone is 7. The zero-order chi connectivity index (χ0) is 38.0. The summed E-state index contributed by atoms with van der Waals surface area (Å²) in [6.45, 7) is 10.6. The van der Waals surface area contributed by atoms with Crippen LogP contribution in [0.5, 0.6) is 0 Å². The fourth-order valence-electron chi connectivity index (χ4n) is 7.35. The number of ether oxygens (including phenoxy) is 1. The molecule has 55 heavy (non-hydrogen) atoms. The van der Waals surface area contributed by atoms with E-state index in [1.54, 1.807) is 24.3 Å². The van der Waals surface area contributed by atoms with Gasteiger partial charge in [-0.05, 0) is 93.1 Å². The van der Waals surface area contributed by atoms with Gasteiger partial charge in [0.25, 0.3) is 15.9 Å². The van der Waals surface area contributed by atoms with Crippen molar-refractivity contribution in [1.29, 1.82) is 0 Å². The van der Waals surface area contributed by atoms with Gasteiger partial charge in [0.15, 0.2) is 0 Å². The van der Waals surface area contributed by atoms with Gasteiger partial charge in [-0.15, -0.1) is 11.8 Å². The Bertz CT molecular complexity index is 2010. The Labute approximate surface area is 330 Å². The molecule has 292 valence electrons. The smallest absolute Gasteiger partial charge is 0.264 e. The molecule has 4 aliphatic rings. The maximum absolute atomic E-state index is 13.4. The number of aromatic nitrogens is 2. The fraction of sp³-hybridized carbons (Fsp3) is 0.429. The lowest BCUT2D eigenvalue weighted by Gasteiger charge is -2.36. The SMILES string of the molecule is Cc1cc(S(=O)(=O)NC(=O)c2ccc(N3CCN(Cc4cncn4C4=CCCC=C4)CC3)cc2)ccc1N[C@H](CCN1CCOCC1)CSC1=CCCC=C1. The number of carbonyl (C=O) groups excluding carboxylic acids is 1. The molecule has 2 aromatic carbocycles. The van der Waals surface area contributed by atoms with Gasteiger partial charge in [0.2, 0.25) is 0 Å². The maximum atomic E-state index is 13.4. The third-order valence-electron chi connectivity index (χ3n) is 10.6. The second-order valence-electron chi connectivity index (χ2n) is 14.6. The Kier molecular flexibility index (Phi) is 13.3. The van der Waals surface area contributed by atoms with Crippen LogP contribution in [-0.4, -0.2) is 104 Å². The summed E-state index contributed by atoms with van der Waals surface area (Å²) in [5.74, 6) is 0.247. The Balaban J connectivity index is 0.919. The molecule has 0 unspecified atom stereocenters. The molecule has 0 radical (unpaired) electrons. The summed E-state index contributed by atoms with van der Waals surface area (Å²) in [4.78, 5) is 26.1. The Morgan fingerprint density at radius 2 is 1.67 bits per heavy atom. The van der Waals surface area contributed by atoms with E-state index in [9.17, 15) is 13.2 Å². The van der Waals surface area contributed by atoms with Crippen molar-refractivity contribution >= 4 is 44.8 Å². The molecule has 2 saturated heterocycles. The summed E-state index contributed by atoms with van der Waals surface area (Å²) >= 11 is 1.86. The lowest BCUT2D eigenvalue weighted by molar-refractivity contribution is 0.0370. The molecule has 2 aliphatic carbocycles. The molecule has 13 heteroatoms. The molecule has 2 aliphatic heterocycles. The first-order valence-electron chi connectivity index (χ1n) is 19.5. The minimum Gasteiger partial charge on any atom is -0.381 e. The number of thioether (sulfide) groups is 1. The third kappa shape index (κ3) is 10.6. The number of piperazine rings is 1. The number of aryl methyl sites for hydroxylation is 1. The maximum Gasteiger partial charge on any atom is 0.264 e. The van der Waals surface area contributed by atoms with Crippen LogP contribution in [0.15, 0.2) is 101 Å². The van der Waals surface area contributed by atoms with Crippen LogP contribution in [0.25, 0.3) is 5.70 Å². The topological polar surface area (TPSA) is 112 Å². The van der Waals surface area contributed by atoms with Crippen molar-refractivity contribution in [3.63, 3.8) is 0 Å². The second kappa shape index (κ2) is 18.7. The van der Waals surface area contributed by atoms with Gasteiger partial charge >= 0.3 is 0 Å². The average Bonchev–Trinajstić information content (AvgIpc) is 3.69. The molecule has 2 N–H and O–H groups in total.